The number of aryl methyl sites for hydroxylation is 1. The fraction of sp³-hybridized carbons (Fsp3) is 0.550. The van der Waals surface area contributed by atoms with E-state index in [1.807, 2.05) is 17.8 Å². The Bertz CT molecular complexity index is 757. The summed E-state index contributed by atoms with van der Waals surface area (Å²) in [6.07, 6.45) is 3.61. The molecule has 154 valence electrons. The summed E-state index contributed by atoms with van der Waals surface area (Å²) in [5, 5.41) is 15.0. The molecule has 2 aromatic rings. The SMILES string of the molecule is CN=C(NCC(C)(C)NC(C)c1ccccc1)NC1CCc2ncnn2C1.I. The normalized spacial score (nSPS) is 18.0. The third-order valence-electron chi connectivity index (χ3n) is 4.97. The van der Waals surface area contributed by atoms with Crippen LogP contribution in [-0.4, -0.2) is 45.9 Å². The van der Waals surface area contributed by atoms with Crippen LogP contribution in [0.25, 0.3) is 0 Å². The molecule has 0 radical (unpaired) electrons. The van der Waals surface area contributed by atoms with Gasteiger partial charge in [-0.05, 0) is 32.8 Å². The molecule has 0 saturated heterocycles. The van der Waals surface area contributed by atoms with Crippen molar-refractivity contribution in [3.8, 4) is 0 Å². The van der Waals surface area contributed by atoms with Gasteiger partial charge in [0, 0.05) is 37.6 Å². The molecule has 8 heteroatoms. The monoisotopic (exact) mass is 497 g/mol. The molecule has 0 saturated carbocycles. The number of fused-ring (bicyclic) bond motifs is 1. The molecule has 2 unspecified atom stereocenters. The highest BCUT2D eigenvalue weighted by atomic mass is 127. The molecule has 2 heterocycles. The first kappa shape index (κ1) is 22.6. The molecule has 7 nitrogen and oxygen atoms in total. The fourth-order valence-electron chi connectivity index (χ4n) is 3.51. The van der Waals surface area contributed by atoms with Gasteiger partial charge in [-0.2, -0.15) is 5.10 Å². The van der Waals surface area contributed by atoms with Gasteiger partial charge in [0.15, 0.2) is 5.96 Å². The smallest absolute Gasteiger partial charge is 0.191 e. The van der Waals surface area contributed by atoms with Gasteiger partial charge < -0.3 is 16.0 Å². The van der Waals surface area contributed by atoms with Crippen LogP contribution in [0.5, 0.6) is 0 Å². The molecule has 1 aliphatic rings. The van der Waals surface area contributed by atoms with Crippen molar-refractivity contribution in [3.05, 3.63) is 48.0 Å². The van der Waals surface area contributed by atoms with Crippen molar-refractivity contribution in [2.45, 2.75) is 57.8 Å². The summed E-state index contributed by atoms with van der Waals surface area (Å²) < 4.78 is 1.97. The molecule has 0 amide bonds. The van der Waals surface area contributed by atoms with Gasteiger partial charge in [-0.1, -0.05) is 30.3 Å². The van der Waals surface area contributed by atoms with Crippen LogP contribution in [0.1, 0.15) is 44.6 Å². The highest BCUT2D eigenvalue weighted by Crippen LogP contribution is 2.16. The number of hydrogen-bond acceptors (Lipinski definition) is 4. The lowest BCUT2D eigenvalue weighted by atomic mass is 10.0. The molecule has 28 heavy (non-hydrogen) atoms. The van der Waals surface area contributed by atoms with Crippen molar-refractivity contribution in [1.82, 2.24) is 30.7 Å². The van der Waals surface area contributed by atoms with Gasteiger partial charge in [-0.15, -0.1) is 24.0 Å². The maximum atomic E-state index is 4.39. The Hall–Kier alpha value is -1.68. The maximum absolute atomic E-state index is 4.39. The van der Waals surface area contributed by atoms with E-state index < -0.39 is 0 Å². The molecule has 1 aliphatic heterocycles. The summed E-state index contributed by atoms with van der Waals surface area (Å²) in [5.41, 5.74) is 1.21. The molecule has 0 bridgehead atoms. The minimum Gasteiger partial charge on any atom is -0.355 e. The third kappa shape index (κ3) is 6.16. The van der Waals surface area contributed by atoms with Crippen molar-refractivity contribution in [1.29, 1.82) is 0 Å². The summed E-state index contributed by atoms with van der Waals surface area (Å²) >= 11 is 0. The zero-order valence-electron chi connectivity index (χ0n) is 17.1. The van der Waals surface area contributed by atoms with E-state index in [9.17, 15) is 0 Å². The average Bonchev–Trinajstić information content (AvgIpc) is 3.13. The number of rotatable bonds is 6. The number of hydrogen-bond donors (Lipinski definition) is 3. The number of aromatic nitrogens is 3. The zero-order chi connectivity index (χ0) is 19.3. The van der Waals surface area contributed by atoms with Gasteiger partial charge in [-0.3, -0.25) is 4.99 Å². The third-order valence-corrected chi connectivity index (χ3v) is 4.97. The molecular weight excluding hydrogens is 465 g/mol. The van der Waals surface area contributed by atoms with E-state index in [2.05, 4.69) is 76.1 Å². The summed E-state index contributed by atoms with van der Waals surface area (Å²) in [4.78, 5) is 8.67. The number of nitrogens with one attached hydrogen (secondary N) is 3. The van der Waals surface area contributed by atoms with Crippen molar-refractivity contribution in [2.75, 3.05) is 13.6 Å². The summed E-state index contributed by atoms with van der Waals surface area (Å²) in [7, 11) is 1.81. The number of benzene rings is 1. The Morgan fingerprint density at radius 1 is 1.32 bits per heavy atom. The van der Waals surface area contributed by atoms with Crippen molar-refractivity contribution in [3.63, 3.8) is 0 Å². The molecule has 3 rings (SSSR count). The standard InChI is InChI=1S/C20H31N7.HI/c1-15(16-8-6-5-7-9-16)26-20(2,3)13-22-19(21-4)25-17-10-11-18-23-14-24-27(18)12-17;/h5-9,14-15,17,26H,10-13H2,1-4H3,(H2,21,22,25);1H. The number of aliphatic imine (C=N–C) groups is 1. The quantitative estimate of drug-likeness (QED) is 0.325. The molecule has 3 N–H and O–H groups in total. The summed E-state index contributed by atoms with van der Waals surface area (Å²) in [5.74, 6) is 1.89. The molecular formula is C20H32IN7. The van der Waals surface area contributed by atoms with Crippen molar-refractivity contribution >= 4 is 29.9 Å². The first-order valence-electron chi connectivity index (χ1n) is 9.63. The Labute approximate surface area is 184 Å². The second kappa shape index (κ2) is 10.2. The average molecular weight is 497 g/mol. The highest BCUT2D eigenvalue weighted by molar-refractivity contribution is 14.0. The Kier molecular flexibility index (Phi) is 8.23. The molecule has 1 aromatic carbocycles. The topological polar surface area (TPSA) is 79.2 Å². The number of guanidine groups is 1. The van der Waals surface area contributed by atoms with E-state index in [0.29, 0.717) is 6.04 Å². The van der Waals surface area contributed by atoms with Crippen LogP contribution >= 0.6 is 24.0 Å². The van der Waals surface area contributed by atoms with Gasteiger partial charge in [0.05, 0.1) is 6.54 Å². The van der Waals surface area contributed by atoms with Gasteiger partial charge in [0.1, 0.15) is 12.2 Å². The first-order chi connectivity index (χ1) is 13.0. The Morgan fingerprint density at radius 2 is 2.07 bits per heavy atom. The van der Waals surface area contributed by atoms with Crippen molar-refractivity contribution < 1.29 is 0 Å². The molecule has 0 aliphatic carbocycles. The fourth-order valence-corrected chi connectivity index (χ4v) is 3.51. The first-order valence-corrected chi connectivity index (χ1v) is 9.63. The van der Waals surface area contributed by atoms with Gasteiger partial charge in [-0.25, -0.2) is 9.67 Å². The summed E-state index contributed by atoms with van der Waals surface area (Å²) in [6, 6.07) is 11.1. The lowest BCUT2D eigenvalue weighted by Gasteiger charge is -2.32. The largest absolute Gasteiger partial charge is 0.355 e. The van der Waals surface area contributed by atoms with Crippen LogP contribution in [0.4, 0.5) is 0 Å². The highest BCUT2D eigenvalue weighted by Gasteiger charge is 2.23. The van der Waals surface area contributed by atoms with Crippen molar-refractivity contribution in [2.24, 2.45) is 4.99 Å². The maximum Gasteiger partial charge on any atom is 0.191 e. The van der Waals surface area contributed by atoms with E-state index in [0.717, 1.165) is 37.7 Å². The minimum atomic E-state index is -0.0848. The van der Waals surface area contributed by atoms with Crippen LogP contribution < -0.4 is 16.0 Å². The van der Waals surface area contributed by atoms with E-state index in [-0.39, 0.29) is 35.6 Å². The lowest BCUT2D eigenvalue weighted by Crippen LogP contribution is -2.54. The second-order valence-electron chi connectivity index (χ2n) is 7.82. The predicted octanol–water partition coefficient (Wildman–Crippen LogP) is 2.51. The van der Waals surface area contributed by atoms with E-state index in [1.165, 1.54) is 5.56 Å². The van der Waals surface area contributed by atoms with E-state index in [4.69, 9.17) is 0 Å². The van der Waals surface area contributed by atoms with Crippen LogP contribution in [0.15, 0.2) is 41.7 Å². The second-order valence-corrected chi connectivity index (χ2v) is 7.82. The number of nitrogens with zero attached hydrogens (tertiary/aromatic N) is 4. The van der Waals surface area contributed by atoms with Crippen LogP contribution in [0, 0.1) is 0 Å². The molecule has 0 fully saturated rings. The van der Waals surface area contributed by atoms with Gasteiger partial charge >= 0.3 is 0 Å². The molecule has 0 spiro atoms. The van der Waals surface area contributed by atoms with Crippen LogP contribution in [0.3, 0.4) is 0 Å². The van der Waals surface area contributed by atoms with E-state index >= 15 is 0 Å². The van der Waals surface area contributed by atoms with E-state index in [1.54, 1.807) is 6.33 Å². The Balaban J connectivity index is 0.00000280. The number of halogens is 1. The molecule has 1 aromatic heterocycles. The Morgan fingerprint density at radius 3 is 2.79 bits per heavy atom. The molecule has 2 atom stereocenters. The van der Waals surface area contributed by atoms with Crippen LogP contribution in [-0.2, 0) is 13.0 Å². The minimum absolute atomic E-state index is 0. The van der Waals surface area contributed by atoms with Gasteiger partial charge in [0.25, 0.3) is 0 Å². The lowest BCUT2D eigenvalue weighted by molar-refractivity contribution is 0.342. The van der Waals surface area contributed by atoms with Gasteiger partial charge in [0.2, 0.25) is 0 Å². The van der Waals surface area contributed by atoms with Crippen LogP contribution in [0.2, 0.25) is 0 Å². The predicted molar refractivity (Wildman–Crippen MR) is 124 cm³/mol. The summed E-state index contributed by atoms with van der Waals surface area (Å²) in [6.45, 7) is 8.19. The zero-order valence-corrected chi connectivity index (χ0v) is 19.5.